The van der Waals surface area contributed by atoms with Crippen LogP contribution >= 0.6 is 0 Å². The molecule has 19 heavy (non-hydrogen) atoms. The van der Waals surface area contributed by atoms with Gasteiger partial charge in [0.15, 0.2) is 0 Å². The molecule has 1 unspecified atom stereocenters. The lowest BCUT2D eigenvalue weighted by molar-refractivity contribution is 0.0616. The van der Waals surface area contributed by atoms with Gasteiger partial charge in [0.25, 0.3) is 5.91 Å². The standard InChI is InChI=1S/C14H20N2O3/c1-2-19-13-12(6-3-7-15-13)14(18)16-8-4-5-11(9-16)10-17/h3,6-7,11,17H,2,4-5,8-10H2,1H3. The Morgan fingerprint density at radius 3 is 3.21 bits per heavy atom. The molecule has 1 saturated heterocycles. The maximum Gasteiger partial charge on any atom is 0.259 e. The quantitative estimate of drug-likeness (QED) is 0.891. The zero-order chi connectivity index (χ0) is 13.7. The van der Waals surface area contributed by atoms with Gasteiger partial charge in [0.2, 0.25) is 5.88 Å². The molecule has 1 aliphatic heterocycles. The molecular formula is C14H20N2O3. The average molecular weight is 264 g/mol. The lowest BCUT2D eigenvalue weighted by Gasteiger charge is -2.32. The minimum absolute atomic E-state index is 0.0605. The van der Waals surface area contributed by atoms with E-state index in [1.807, 2.05) is 6.92 Å². The third-order valence-corrected chi connectivity index (χ3v) is 3.35. The number of carbonyl (C=O) groups is 1. The first-order chi connectivity index (χ1) is 9.26. The summed E-state index contributed by atoms with van der Waals surface area (Å²) in [6.07, 6.45) is 3.53. The van der Waals surface area contributed by atoms with Gasteiger partial charge in [-0.3, -0.25) is 4.79 Å². The van der Waals surface area contributed by atoms with E-state index in [0.717, 1.165) is 19.4 Å². The van der Waals surface area contributed by atoms with Crippen molar-refractivity contribution in [2.75, 3.05) is 26.3 Å². The van der Waals surface area contributed by atoms with Gasteiger partial charge < -0.3 is 14.7 Å². The van der Waals surface area contributed by atoms with Crippen LogP contribution in [0.1, 0.15) is 30.1 Å². The molecule has 0 bridgehead atoms. The highest BCUT2D eigenvalue weighted by atomic mass is 16.5. The third-order valence-electron chi connectivity index (χ3n) is 3.35. The molecule has 2 heterocycles. The first kappa shape index (κ1) is 13.8. The topological polar surface area (TPSA) is 62.7 Å². The lowest BCUT2D eigenvalue weighted by Crippen LogP contribution is -2.41. The second-order valence-corrected chi connectivity index (χ2v) is 4.73. The number of aromatic nitrogens is 1. The van der Waals surface area contributed by atoms with E-state index in [9.17, 15) is 9.90 Å². The first-order valence-corrected chi connectivity index (χ1v) is 6.74. The number of amides is 1. The predicted molar refractivity (Wildman–Crippen MR) is 71.1 cm³/mol. The van der Waals surface area contributed by atoms with Gasteiger partial charge in [0.1, 0.15) is 5.56 Å². The number of carbonyl (C=O) groups excluding carboxylic acids is 1. The monoisotopic (exact) mass is 264 g/mol. The maximum atomic E-state index is 12.5. The number of likely N-dealkylation sites (tertiary alicyclic amines) is 1. The summed E-state index contributed by atoms with van der Waals surface area (Å²) >= 11 is 0. The highest BCUT2D eigenvalue weighted by Crippen LogP contribution is 2.21. The number of rotatable bonds is 4. The molecule has 1 amide bonds. The molecule has 5 heteroatoms. The van der Waals surface area contributed by atoms with Crippen LogP contribution in [0.5, 0.6) is 5.88 Å². The molecule has 1 aliphatic rings. The van der Waals surface area contributed by atoms with Crippen molar-refractivity contribution in [3.63, 3.8) is 0 Å². The van der Waals surface area contributed by atoms with Crippen LogP contribution in [-0.2, 0) is 0 Å². The van der Waals surface area contributed by atoms with Gasteiger partial charge in [-0.05, 0) is 37.8 Å². The SMILES string of the molecule is CCOc1ncccc1C(=O)N1CCCC(CO)C1. The van der Waals surface area contributed by atoms with Crippen molar-refractivity contribution in [1.82, 2.24) is 9.88 Å². The van der Waals surface area contributed by atoms with Crippen LogP contribution in [0, 0.1) is 5.92 Å². The summed E-state index contributed by atoms with van der Waals surface area (Å²) in [5, 5.41) is 9.22. The van der Waals surface area contributed by atoms with Crippen LogP contribution in [0.25, 0.3) is 0 Å². The minimum Gasteiger partial charge on any atom is -0.477 e. The summed E-state index contributed by atoms with van der Waals surface area (Å²) in [6, 6.07) is 3.48. The Bertz CT molecular complexity index is 436. The van der Waals surface area contributed by atoms with Gasteiger partial charge in [-0.25, -0.2) is 4.98 Å². The Morgan fingerprint density at radius 1 is 1.63 bits per heavy atom. The number of pyridine rings is 1. The molecule has 1 atom stereocenters. The zero-order valence-corrected chi connectivity index (χ0v) is 11.2. The van der Waals surface area contributed by atoms with E-state index >= 15 is 0 Å². The van der Waals surface area contributed by atoms with E-state index in [4.69, 9.17) is 4.74 Å². The second kappa shape index (κ2) is 6.52. The zero-order valence-electron chi connectivity index (χ0n) is 11.2. The molecule has 1 aromatic rings. The Hall–Kier alpha value is -1.62. The summed E-state index contributed by atoms with van der Waals surface area (Å²) in [4.78, 5) is 18.4. The van der Waals surface area contributed by atoms with E-state index in [2.05, 4.69) is 4.98 Å². The van der Waals surface area contributed by atoms with Crippen LogP contribution in [-0.4, -0.2) is 47.2 Å². The fourth-order valence-electron chi connectivity index (χ4n) is 2.37. The number of nitrogens with zero attached hydrogens (tertiary/aromatic N) is 2. The van der Waals surface area contributed by atoms with E-state index in [1.165, 1.54) is 0 Å². The summed E-state index contributed by atoms with van der Waals surface area (Å²) in [6.45, 7) is 3.82. The van der Waals surface area contributed by atoms with Crippen LogP contribution in [0.15, 0.2) is 18.3 Å². The van der Waals surface area contributed by atoms with Gasteiger partial charge in [0.05, 0.1) is 6.61 Å². The van der Waals surface area contributed by atoms with E-state index in [1.54, 1.807) is 23.2 Å². The predicted octanol–water partition coefficient (Wildman–Crippen LogP) is 1.32. The molecule has 5 nitrogen and oxygen atoms in total. The molecule has 1 fully saturated rings. The van der Waals surface area contributed by atoms with Gasteiger partial charge in [-0.1, -0.05) is 0 Å². The molecule has 0 spiro atoms. The fraction of sp³-hybridized carbons (Fsp3) is 0.571. The highest BCUT2D eigenvalue weighted by Gasteiger charge is 2.26. The van der Waals surface area contributed by atoms with Gasteiger partial charge in [-0.2, -0.15) is 0 Å². The van der Waals surface area contributed by atoms with Crippen LogP contribution in [0.2, 0.25) is 0 Å². The number of ether oxygens (including phenoxy) is 1. The third kappa shape index (κ3) is 3.23. The number of hydrogen-bond donors (Lipinski definition) is 1. The highest BCUT2D eigenvalue weighted by molar-refractivity contribution is 5.96. The summed E-state index contributed by atoms with van der Waals surface area (Å²) in [5.41, 5.74) is 0.503. The van der Waals surface area contributed by atoms with Crippen molar-refractivity contribution >= 4 is 5.91 Å². The summed E-state index contributed by atoms with van der Waals surface area (Å²) < 4.78 is 5.39. The van der Waals surface area contributed by atoms with Crippen LogP contribution in [0.3, 0.4) is 0 Å². The van der Waals surface area contributed by atoms with Crippen molar-refractivity contribution in [3.05, 3.63) is 23.9 Å². The van der Waals surface area contributed by atoms with Crippen molar-refractivity contribution in [1.29, 1.82) is 0 Å². The number of piperidine rings is 1. The Balaban J connectivity index is 2.14. The maximum absolute atomic E-state index is 12.5. The second-order valence-electron chi connectivity index (χ2n) is 4.73. The van der Waals surface area contributed by atoms with E-state index < -0.39 is 0 Å². The van der Waals surface area contributed by atoms with Crippen molar-refractivity contribution in [2.45, 2.75) is 19.8 Å². The molecule has 104 valence electrons. The fourth-order valence-corrected chi connectivity index (χ4v) is 2.37. The first-order valence-electron chi connectivity index (χ1n) is 6.74. The average Bonchev–Trinajstić information content (AvgIpc) is 2.47. The Kier molecular flexibility index (Phi) is 4.74. The Labute approximate surface area is 113 Å². The van der Waals surface area contributed by atoms with E-state index in [0.29, 0.717) is 24.6 Å². The van der Waals surface area contributed by atoms with Gasteiger partial charge in [-0.15, -0.1) is 0 Å². The largest absolute Gasteiger partial charge is 0.477 e. The molecule has 1 N–H and O–H groups in total. The molecule has 0 aliphatic carbocycles. The molecule has 2 rings (SSSR count). The summed E-state index contributed by atoms with van der Waals surface area (Å²) in [7, 11) is 0. The van der Waals surface area contributed by atoms with Gasteiger partial charge >= 0.3 is 0 Å². The van der Waals surface area contributed by atoms with Crippen molar-refractivity contribution in [3.8, 4) is 5.88 Å². The van der Waals surface area contributed by atoms with Gasteiger partial charge in [0, 0.05) is 25.9 Å². The summed E-state index contributed by atoms with van der Waals surface area (Å²) in [5.74, 6) is 0.515. The van der Waals surface area contributed by atoms with Crippen molar-refractivity contribution in [2.24, 2.45) is 5.92 Å². The smallest absolute Gasteiger partial charge is 0.259 e. The van der Waals surface area contributed by atoms with E-state index in [-0.39, 0.29) is 18.4 Å². The van der Waals surface area contributed by atoms with Crippen LogP contribution < -0.4 is 4.74 Å². The molecule has 0 aromatic carbocycles. The number of aliphatic hydroxyl groups is 1. The number of aliphatic hydroxyl groups excluding tert-OH is 1. The molecular weight excluding hydrogens is 244 g/mol. The number of hydrogen-bond acceptors (Lipinski definition) is 4. The molecule has 0 radical (unpaired) electrons. The van der Waals surface area contributed by atoms with Crippen LogP contribution in [0.4, 0.5) is 0 Å². The Morgan fingerprint density at radius 2 is 2.47 bits per heavy atom. The lowest BCUT2D eigenvalue weighted by atomic mass is 9.98. The molecule has 1 aromatic heterocycles. The molecule has 0 saturated carbocycles. The minimum atomic E-state index is -0.0605. The normalized spacial score (nSPS) is 19.3. The van der Waals surface area contributed by atoms with Crippen molar-refractivity contribution < 1.29 is 14.6 Å².